The summed E-state index contributed by atoms with van der Waals surface area (Å²) in [5, 5.41) is 21.5. The summed E-state index contributed by atoms with van der Waals surface area (Å²) >= 11 is 1.97. The minimum Gasteiger partial charge on any atom is -0.483 e. The van der Waals surface area contributed by atoms with Crippen molar-refractivity contribution in [3.63, 3.8) is 0 Å². The number of fused-ring (bicyclic) bond motifs is 1. The van der Waals surface area contributed by atoms with Gasteiger partial charge >= 0.3 is 18.8 Å². The number of thioether (sulfide) groups is 1. The number of hydrogen-bond acceptors (Lipinski definition) is 7. The first-order valence-electron chi connectivity index (χ1n) is 11.9. The van der Waals surface area contributed by atoms with E-state index >= 15 is 0 Å². The van der Waals surface area contributed by atoms with E-state index in [2.05, 4.69) is 41.1 Å². The summed E-state index contributed by atoms with van der Waals surface area (Å²) in [6.07, 6.45) is -3.32. The van der Waals surface area contributed by atoms with Crippen molar-refractivity contribution < 1.29 is 50.9 Å². The molecule has 3 N–H and O–H groups in total. The Kier molecular flexibility index (Phi) is 14.1. The Balaban J connectivity index is 0.000000528. The lowest BCUT2D eigenvalue weighted by molar-refractivity contribution is -0.192. The molecule has 1 aliphatic rings. The van der Waals surface area contributed by atoms with Crippen LogP contribution in [0, 0.1) is 0 Å². The summed E-state index contributed by atoms with van der Waals surface area (Å²) in [6, 6.07) is 11.7. The first-order valence-corrected chi connectivity index (χ1v) is 13.1. The van der Waals surface area contributed by atoms with Crippen molar-refractivity contribution in [2.45, 2.75) is 39.0 Å². The van der Waals surface area contributed by atoms with Crippen LogP contribution in [0.5, 0.6) is 0 Å². The van der Waals surface area contributed by atoms with Gasteiger partial charge in [0, 0.05) is 30.2 Å². The van der Waals surface area contributed by atoms with E-state index in [0.717, 1.165) is 30.4 Å². The van der Waals surface area contributed by atoms with Crippen molar-refractivity contribution in [1.82, 2.24) is 14.6 Å². The summed E-state index contributed by atoms with van der Waals surface area (Å²) in [6.45, 7) is 4.56. The molecule has 1 fully saturated rings. The number of benzene rings is 1. The van der Waals surface area contributed by atoms with E-state index in [-0.39, 0.29) is 17.8 Å². The average Bonchev–Trinajstić information content (AvgIpc) is 3.30. The lowest BCUT2D eigenvalue weighted by Crippen LogP contribution is -2.33. The van der Waals surface area contributed by atoms with Crippen LogP contribution in [0.15, 0.2) is 42.6 Å². The highest BCUT2D eigenvalue weighted by molar-refractivity contribution is 7.99. The molecule has 3 heterocycles. The highest BCUT2D eigenvalue weighted by atomic mass is 32.2. The third-order valence-corrected chi connectivity index (χ3v) is 6.08. The molecule has 1 saturated heterocycles. The predicted molar refractivity (Wildman–Crippen MR) is 145 cm³/mol. The van der Waals surface area contributed by atoms with Crippen LogP contribution in [0.3, 0.4) is 0 Å². The monoisotopic (exact) mass is 625 g/mol. The molecule has 10 nitrogen and oxygen atoms in total. The molecule has 0 spiro atoms. The van der Waals surface area contributed by atoms with Gasteiger partial charge in [0.25, 0.3) is 12.4 Å². The summed E-state index contributed by atoms with van der Waals surface area (Å²) in [7, 11) is 0. The van der Waals surface area contributed by atoms with Gasteiger partial charge < -0.3 is 20.4 Å². The number of nitrogens with zero attached hydrogens (tertiary/aromatic N) is 4. The Morgan fingerprint density at radius 3 is 1.98 bits per heavy atom. The Bertz CT molecular complexity index is 1290. The second kappa shape index (κ2) is 16.4. The van der Waals surface area contributed by atoms with Gasteiger partial charge in [-0.1, -0.05) is 32.9 Å². The normalized spacial score (nSPS) is 13.0. The van der Waals surface area contributed by atoms with E-state index in [1.165, 1.54) is 5.56 Å². The molecule has 42 heavy (non-hydrogen) atoms. The van der Waals surface area contributed by atoms with E-state index in [1.54, 1.807) is 10.7 Å². The van der Waals surface area contributed by atoms with E-state index in [9.17, 15) is 31.1 Å². The van der Waals surface area contributed by atoms with Crippen LogP contribution in [0.2, 0.25) is 0 Å². The van der Waals surface area contributed by atoms with Crippen LogP contribution >= 0.6 is 11.8 Å². The molecule has 0 radical (unpaired) electrons. The quantitative estimate of drug-likeness (QED) is 0.260. The molecule has 0 atom stereocenters. The third-order valence-electron chi connectivity index (χ3n) is 5.14. The molecule has 2 aromatic heterocycles. The number of anilines is 2. The molecule has 232 valence electrons. The maximum Gasteiger partial charge on any atom is 0.490 e. The zero-order chi connectivity index (χ0) is 32.1. The predicted octanol–water partition coefficient (Wildman–Crippen LogP) is 5.34. The van der Waals surface area contributed by atoms with Crippen LogP contribution < -0.4 is 10.2 Å². The van der Waals surface area contributed by atoms with Gasteiger partial charge in [0.1, 0.15) is 5.82 Å². The molecular formula is C25H29F6N5O5S. The molecule has 0 unspecified atom stereocenters. The standard InChI is InChI=1S/C21H25N5OS.C2HF3O2.CHF3.CH2O2/c1-21(2,3)16-6-4-15(5-7-16)20(27)23-17-14-26-18(22-17)8-9-19(24-26)25-10-12-28-13-11-25;3-2(4,5)1(6)7;2-1(3)4;2-1-3/h4-9,14H,10-13H2,1-3H3,(H,23,27);(H,6,7);1H;1H,(H,2,3). The van der Waals surface area contributed by atoms with Crippen LogP contribution in [0.25, 0.3) is 5.65 Å². The number of rotatable bonds is 3. The Morgan fingerprint density at radius 1 is 1.02 bits per heavy atom. The summed E-state index contributed by atoms with van der Waals surface area (Å²) < 4.78 is 62.5. The number of amides is 1. The van der Waals surface area contributed by atoms with Crippen molar-refractivity contribution in [3.8, 4) is 0 Å². The molecule has 1 amide bonds. The molecule has 17 heteroatoms. The number of imidazole rings is 1. The number of carbonyl (C=O) groups is 3. The molecule has 0 bridgehead atoms. The first-order chi connectivity index (χ1) is 19.5. The number of carboxylic acid groups (broad SMARTS) is 2. The van der Waals surface area contributed by atoms with Gasteiger partial charge in [-0.15, -0.1) is 5.10 Å². The molecule has 0 aliphatic carbocycles. The Morgan fingerprint density at radius 2 is 1.52 bits per heavy atom. The highest BCUT2D eigenvalue weighted by Gasteiger charge is 2.38. The van der Waals surface area contributed by atoms with Crippen LogP contribution in [-0.4, -0.2) is 80.6 Å². The smallest absolute Gasteiger partial charge is 0.483 e. The topological polar surface area (TPSA) is 137 Å². The largest absolute Gasteiger partial charge is 0.490 e. The Labute approximate surface area is 240 Å². The molecule has 0 saturated carbocycles. The number of alkyl halides is 6. The van der Waals surface area contributed by atoms with Crippen LogP contribution in [0.4, 0.5) is 38.0 Å². The molecule has 1 aromatic carbocycles. The van der Waals surface area contributed by atoms with Gasteiger partial charge in [0.15, 0.2) is 11.5 Å². The van der Waals surface area contributed by atoms with Gasteiger partial charge in [-0.2, -0.15) is 38.1 Å². The summed E-state index contributed by atoms with van der Waals surface area (Å²) in [4.78, 5) is 36.6. The van der Waals surface area contributed by atoms with Gasteiger partial charge in [0.2, 0.25) is 0 Å². The lowest BCUT2D eigenvalue weighted by atomic mass is 9.87. The summed E-state index contributed by atoms with van der Waals surface area (Å²) in [5.74, 6) is 0.770. The molecule has 4 rings (SSSR count). The first kappa shape index (κ1) is 36.0. The van der Waals surface area contributed by atoms with Gasteiger partial charge in [-0.25, -0.2) is 14.3 Å². The van der Waals surface area contributed by atoms with E-state index in [4.69, 9.17) is 19.8 Å². The lowest BCUT2D eigenvalue weighted by Gasteiger charge is -2.27. The number of aliphatic carboxylic acids is 1. The minimum absolute atomic E-state index is 0.0625. The van der Waals surface area contributed by atoms with Gasteiger partial charge in [-0.3, -0.25) is 9.59 Å². The number of carboxylic acids is 1. The number of nitrogens with one attached hydrogen (secondary N) is 1. The maximum absolute atomic E-state index is 12.6. The number of aromatic nitrogens is 3. The van der Waals surface area contributed by atoms with E-state index in [0.29, 0.717) is 17.0 Å². The Hall–Kier alpha value is -4.02. The fourth-order valence-electron chi connectivity index (χ4n) is 3.20. The van der Waals surface area contributed by atoms with Crippen LogP contribution in [-0.2, 0) is 15.0 Å². The molecular weight excluding hydrogens is 596 g/mol. The molecule has 3 aromatic rings. The zero-order valence-corrected chi connectivity index (χ0v) is 23.4. The second-order valence-corrected chi connectivity index (χ2v) is 10.4. The fraction of sp³-hybridized carbons (Fsp3) is 0.400. The maximum atomic E-state index is 12.6. The zero-order valence-electron chi connectivity index (χ0n) is 22.6. The van der Waals surface area contributed by atoms with Gasteiger partial charge in [0.05, 0.1) is 6.20 Å². The van der Waals surface area contributed by atoms with Crippen molar-refractivity contribution in [2.24, 2.45) is 0 Å². The van der Waals surface area contributed by atoms with Crippen molar-refractivity contribution >= 4 is 47.4 Å². The second-order valence-electron chi connectivity index (χ2n) is 9.16. The third kappa shape index (κ3) is 12.7. The SMILES string of the molecule is CC(C)(C)c1ccc(C(=O)Nc2cn3nc(N4CCSCC4)ccc3n2)cc1.FC(F)F.O=C(O)C(F)(F)F.O=CO. The van der Waals surface area contributed by atoms with Crippen molar-refractivity contribution in [3.05, 3.63) is 53.7 Å². The number of hydrogen-bond donors (Lipinski definition) is 3. The van der Waals surface area contributed by atoms with Crippen molar-refractivity contribution in [1.29, 1.82) is 0 Å². The molecule has 1 aliphatic heterocycles. The van der Waals surface area contributed by atoms with E-state index < -0.39 is 18.8 Å². The number of halogens is 6. The fourth-order valence-corrected chi connectivity index (χ4v) is 4.11. The van der Waals surface area contributed by atoms with Crippen LogP contribution in [0.1, 0.15) is 36.7 Å². The van der Waals surface area contributed by atoms with Crippen molar-refractivity contribution in [2.75, 3.05) is 34.8 Å². The minimum atomic E-state index is -5.08. The van der Waals surface area contributed by atoms with E-state index in [1.807, 2.05) is 48.2 Å². The van der Waals surface area contributed by atoms with Gasteiger partial charge in [-0.05, 0) is 35.2 Å². The highest BCUT2D eigenvalue weighted by Crippen LogP contribution is 2.23. The average molecular weight is 626 g/mol. The number of carbonyl (C=O) groups excluding carboxylic acids is 1. The summed E-state index contributed by atoms with van der Waals surface area (Å²) in [5.41, 5.74) is 2.59.